The summed E-state index contributed by atoms with van der Waals surface area (Å²) in [6.45, 7) is 3.27. The van der Waals surface area contributed by atoms with Crippen molar-refractivity contribution in [1.29, 1.82) is 0 Å². The summed E-state index contributed by atoms with van der Waals surface area (Å²) in [6.07, 6.45) is 5.39. The van der Waals surface area contributed by atoms with E-state index in [1.54, 1.807) is 6.33 Å². The molecule has 144 valence electrons. The van der Waals surface area contributed by atoms with Gasteiger partial charge in [-0.05, 0) is 68.3 Å². The van der Waals surface area contributed by atoms with E-state index in [0.717, 1.165) is 30.0 Å². The van der Waals surface area contributed by atoms with Crippen molar-refractivity contribution in [1.82, 2.24) is 9.55 Å². The SMILES string of the molecule is CCOc1ccc(Oc2ccc(NC(=O)C3CCc4cncn4C3)cc2)cc1. The van der Waals surface area contributed by atoms with Crippen LogP contribution in [0.25, 0.3) is 0 Å². The van der Waals surface area contributed by atoms with Gasteiger partial charge in [0, 0.05) is 24.1 Å². The Balaban J connectivity index is 1.33. The van der Waals surface area contributed by atoms with E-state index in [4.69, 9.17) is 9.47 Å². The Kier molecular flexibility index (Phi) is 5.28. The number of amides is 1. The third-order valence-electron chi connectivity index (χ3n) is 4.83. The van der Waals surface area contributed by atoms with Gasteiger partial charge in [0.05, 0.1) is 18.9 Å². The molecule has 1 aliphatic heterocycles. The van der Waals surface area contributed by atoms with Crippen molar-refractivity contribution in [3.8, 4) is 17.2 Å². The zero-order chi connectivity index (χ0) is 19.3. The summed E-state index contributed by atoms with van der Waals surface area (Å²) in [5.74, 6) is 2.26. The molecule has 4 rings (SSSR count). The van der Waals surface area contributed by atoms with Gasteiger partial charge in [0.2, 0.25) is 5.91 Å². The molecule has 28 heavy (non-hydrogen) atoms. The molecule has 6 heteroatoms. The highest BCUT2D eigenvalue weighted by molar-refractivity contribution is 5.92. The number of benzene rings is 2. The molecule has 1 aliphatic rings. The van der Waals surface area contributed by atoms with Crippen LogP contribution >= 0.6 is 0 Å². The van der Waals surface area contributed by atoms with Gasteiger partial charge in [-0.15, -0.1) is 0 Å². The second-order valence-corrected chi connectivity index (χ2v) is 6.79. The highest BCUT2D eigenvalue weighted by Gasteiger charge is 2.24. The van der Waals surface area contributed by atoms with Crippen molar-refractivity contribution in [3.05, 3.63) is 66.7 Å². The summed E-state index contributed by atoms with van der Waals surface area (Å²) >= 11 is 0. The molecule has 0 radical (unpaired) electrons. The summed E-state index contributed by atoms with van der Waals surface area (Å²) in [7, 11) is 0. The lowest BCUT2D eigenvalue weighted by Crippen LogP contribution is -2.30. The Morgan fingerprint density at radius 2 is 1.79 bits per heavy atom. The van der Waals surface area contributed by atoms with E-state index in [2.05, 4.69) is 14.9 Å². The van der Waals surface area contributed by atoms with Gasteiger partial charge in [-0.25, -0.2) is 4.98 Å². The van der Waals surface area contributed by atoms with E-state index >= 15 is 0 Å². The average Bonchev–Trinajstić information content (AvgIpc) is 3.19. The zero-order valence-electron chi connectivity index (χ0n) is 15.8. The zero-order valence-corrected chi connectivity index (χ0v) is 15.8. The number of hydrogen-bond acceptors (Lipinski definition) is 4. The molecular weight excluding hydrogens is 354 g/mol. The number of carbonyl (C=O) groups is 1. The lowest BCUT2D eigenvalue weighted by atomic mass is 9.97. The Labute approximate surface area is 164 Å². The fourth-order valence-corrected chi connectivity index (χ4v) is 3.34. The van der Waals surface area contributed by atoms with Gasteiger partial charge in [0.25, 0.3) is 0 Å². The lowest BCUT2D eigenvalue weighted by molar-refractivity contribution is -0.120. The number of aromatic nitrogens is 2. The molecule has 1 aromatic heterocycles. The first kappa shape index (κ1) is 18.1. The van der Waals surface area contributed by atoms with Crippen molar-refractivity contribution in [2.24, 2.45) is 5.92 Å². The molecule has 0 spiro atoms. The summed E-state index contributed by atoms with van der Waals surface area (Å²) in [6, 6.07) is 14.9. The molecule has 2 aromatic carbocycles. The third-order valence-corrected chi connectivity index (χ3v) is 4.83. The molecule has 1 amide bonds. The van der Waals surface area contributed by atoms with Crippen LogP contribution in [0, 0.1) is 5.92 Å². The molecule has 6 nitrogen and oxygen atoms in total. The van der Waals surface area contributed by atoms with E-state index in [9.17, 15) is 4.79 Å². The first-order valence-electron chi connectivity index (χ1n) is 9.52. The molecule has 0 bridgehead atoms. The van der Waals surface area contributed by atoms with E-state index in [1.807, 2.05) is 61.7 Å². The topological polar surface area (TPSA) is 65.4 Å². The van der Waals surface area contributed by atoms with Gasteiger partial charge in [-0.2, -0.15) is 0 Å². The molecule has 1 atom stereocenters. The van der Waals surface area contributed by atoms with Crippen molar-refractivity contribution in [3.63, 3.8) is 0 Å². The van der Waals surface area contributed by atoms with E-state index in [1.165, 1.54) is 5.69 Å². The Morgan fingerprint density at radius 1 is 1.11 bits per heavy atom. The molecule has 2 heterocycles. The van der Waals surface area contributed by atoms with Crippen molar-refractivity contribution >= 4 is 11.6 Å². The van der Waals surface area contributed by atoms with Gasteiger partial charge in [-0.1, -0.05) is 0 Å². The van der Waals surface area contributed by atoms with Crippen LogP contribution in [0.2, 0.25) is 0 Å². The third kappa shape index (κ3) is 4.17. The smallest absolute Gasteiger partial charge is 0.229 e. The highest BCUT2D eigenvalue weighted by Crippen LogP contribution is 2.26. The van der Waals surface area contributed by atoms with Gasteiger partial charge >= 0.3 is 0 Å². The van der Waals surface area contributed by atoms with Crippen LogP contribution in [-0.2, 0) is 17.8 Å². The molecule has 0 saturated carbocycles. The van der Waals surface area contributed by atoms with Crippen LogP contribution in [0.4, 0.5) is 5.69 Å². The van der Waals surface area contributed by atoms with Crippen LogP contribution in [-0.4, -0.2) is 22.1 Å². The number of anilines is 1. The van der Waals surface area contributed by atoms with Gasteiger partial charge in [0.15, 0.2) is 0 Å². The molecule has 0 saturated heterocycles. The first-order valence-corrected chi connectivity index (χ1v) is 9.52. The van der Waals surface area contributed by atoms with E-state index < -0.39 is 0 Å². The maximum Gasteiger partial charge on any atom is 0.229 e. The highest BCUT2D eigenvalue weighted by atomic mass is 16.5. The van der Waals surface area contributed by atoms with E-state index in [-0.39, 0.29) is 11.8 Å². The van der Waals surface area contributed by atoms with Gasteiger partial charge < -0.3 is 19.4 Å². The summed E-state index contributed by atoms with van der Waals surface area (Å²) in [4.78, 5) is 16.7. The Bertz CT molecular complexity index is 932. The molecule has 0 fully saturated rings. The normalized spacial score (nSPS) is 15.5. The van der Waals surface area contributed by atoms with Crippen molar-refractivity contribution < 1.29 is 14.3 Å². The fourth-order valence-electron chi connectivity index (χ4n) is 3.34. The largest absolute Gasteiger partial charge is 0.494 e. The number of aryl methyl sites for hydroxylation is 1. The molecule has 1 N–H and O–H groups in total. The maximum atomic E-state index is 12.6. The van der Waals surface area contributed by atoms with Crippen LogP contribution in [0.15, 0.2) is 61.1 Å². The lowest BCUT2D eigenvalue weighted by Gasteiger charge is -2.23. The summed E-state index contributed by atoms with van der Waals surface area (Å²) < 4.78 is 13.3. The molecule has 3 aromatic rings. The molecule has 0 aliphatic carbocycles. The summed E-state index contributed by atoms with van der Waals surface area (Å²) in [5, 5.41) is 3.00. The van der Waals surface area contributed by atoms with Crippen LogP contribution in [0.1, 0.15) is 19.0 Å². The number of nitrogens with zero attached hydrogens (tertiary/aromatic N) is 2. The first-order chi connectivity index (χ1) is 13.7. The predicted molar refractivity (Wildman–Crippen MR) is 107 cm³/mol. The van der Waals surface area contributed by atoms with Gasteiger partial charge in [0.1, 0.15) is 17.2 Å². The Morgan fingerprint density at radius 3 is 2.50 bits per heavy atom. The van der Waals surface area contributed by atoms with E-state index in [0.29, 0.717) is 18.9 Å². The fraction of sp³-hybridized carbons (Fsp3) is 0.273. The number of hydrogen-bond donors (Lipinski definition) is 1. The van der Waals surface area contributed by atoms with Crippen LogP contribution < -0.4 is 14.8 Å². The summed E-state index contributed by atoms with van der Waals surface area (Å²) in [5.41, 5.74) is 1.96. The molecular formula is C22H23N3O3. The minimum atomic E-state index is -0.0403. The monoisotopic (exact) mass is 377 g/mol. The average molecular weight is 377 g/mol. The van der Waals surface area contributed by atoms with Gasteiger partial charge in [-0.3, -0.25) is 4.79 Å². The Hall–Kier alpha value is -3.28. The predicted octanol–water partition coefficient (Wildman–Crippen LogP) is 4.28. The number of fused-ring (bicyclic) bond motifs is 1. The van der Waals surface area contributed by atoms with Crippen molar-refractivity contribution in [2.75, 3.05) is 11.9 Å². The number of ether oxygens (including phenoxy) is 2. The standard InChI is InChI=1S/C22H23N3O3/c1-2-27-19-9-11-21(12-10-19)28-20-7-4-17(5-8-20)24-22(26)16-3-6-18-13-23-15-25(18)14-16/h4-5,7-13,15-16H,2-3,6,14H2,1H3,(H,24,26). The van der Waals surface area contributed by atoms with Crippen molar-refractivity contribution in [2.45, 2.75) is 26.3 Å². The minimum absolute atomic E-state index is 0.0403. The minimum Gasteiger partial charge on any atom is -0.494 e. The number of nitrogens with one attached hydrogen (secondary N) is 1. The molecule has 1 unspecified atom stereocenters. The number of imidazole rings is 1. The van der Waals surface area contributed by atoms with Crippen LogP contribution in [0.3, 0.4) is 0 Å². The maximum absolute atomic E-state index is 12.6. The number of carbonyl (C=O) groups excluding carboxylic acids is 1. The second-order valence-electron chi connectivity index (χ2n) is 6.79. The number of rotatable bonds is 6. The van der Waals surface area contributed by atoms with Crippen LogP contribution in [0.5, 0.6) is 17.2 Å². The second kappa shape index (κ2) is 8.17. The quantitative estimate of drug-likeness (QED) is 0.696.